The van der Waals surface area contributed by atoms with Crippen molar-refractivity contribution in [3.8, 4) is 0 Å². The second-order valence-electron chi connectivity index (χ2n) is 3.57. The summed E-state index contributed by atoms with van der Waals surface area (Å²) in [4.78, 5) is 15.8. The fourth-order valence-corrected chi connectivity index (χ4v) is 1.40. The van der Waals surface area contributed by atoms with Crippen molar-refractivity contribution >= 4 is 27.5 Å². The largest absolute Gasteiger partial charge is 0.324 e. The van der Waals surface area contributed by atoms with Crippen LogP contribution in [-0.2, 0) is 4.79 Å². The quantitative estimate of drug-likeness (QED) is 0.814. The van der Waals surface area contributed by atoms with Gasteiger partial charge in [-0.3, -0.25) is 4.79 Å². The Morgan fingerprint density at radius 3 is 2.88 bits per heavy atom. The van der Waals surface area contributed by atoms with Crippen LogP contribution in [-0.4, -0.2) is 24.0 Å². The molecule has 16 heavy (non-hydrogen) atoms. The standard InChI is InChI=1S/C11H16BrN3O/c1-3-13-6-8(2)11(16)15-9-4-5-10(12)14-7-9/h4-5,7-8,13H,3,6H2,1-2H3,(H,15,16). The summed E-state index contributed by atoms with van der Waals surface area (Å²) in [5.41, 5.74) is 0.719. The van der Waals surface area contributed by atoms with Gasteiger partial charge in [0.15, 0.2) is 0 Å². The van der Waals surface area contributed by atoms with Crippen LogP contribution >= 0.6 is 15.9 Å². The van der Waals surface area contributed by atoms with Crippen molar-refractivity contribution in [3.63, 3.8) is 0 Å². The first-order valence-electron chi connectivity index (χ1n) is 5.26. The smallest absolute Gasteiger partial charge is 0.228 e. The summed E-state index contributed by atoms with van der Waals surface area (Å²) >= 11 is 3.24. The summed E-state index contributed by atoms with van der Waals surface area (Å²) < 4.78 is 0.756. The first-order valence-corrected chi connectivity index (χ1v) is 6.06. The molecule has 0 aliphatic rings. The molecule has 0 bridgehead atoms. The highest BCUT2D eigenvalue weighted by Gasteiger charge is 2.12. The molecule has 4 nitrogen and oxygen atoms in total. The zero-order valence-electron chi connectivity index (χ0n) is 9.46. The summed E-state index contributed by atoms with van der Waals surface area (Å²) in [6, 6.07) is 3.61. The Bertz CT molecular complexity index is 340. The highest BCUT2D eigenvalue weighted by Crippen LogP contribution is 2.11. The van der Waals surface area contributed by atoms with Gasteiger partial charge in [-0.1, -0.05) is 13.8 Å². The molecule has 88 valence electrons. The number of pyridine rings is 1. The van der Waals surface area contributed by atoms with Gasteiger partial charge >= 0.3 is 0 Å². The average Bonchev–Trinajstić information content (AvgIpc) is 2.29. The summed E-state index contributed by atoms with van der Waals surface area (Å²) in [6.07, 6.45) is 1.63. The van der Waals surface area contributed by atoms with Gasteiger partial charge in [-0.25, -0.2) is 4.98 Å². The number of rotatable bonds is 5. The third-order valence-corrected chi connectivity index (χ3v) is 2.61. The van der Waals surface area contributed by atoms with Crippen LogP contribution in [0.1, 0.15) is 13.8 Å². The Kier molecular flexibility index (Phi) is 5.42. The Labute approximate surface area is 104 Å². The second kappa shape index (κ2) is 6.60. The van der Waals surface area contributed by atoms with Crippen LogP contribution in [0.3, 0.4) is 0 Å². The van der Waals surface area contributed by atoms with Crippen LogP contribution in [0, 0.1) is 5.92 Å². The molecule has 1 atom stereocenters. The van der Waals surface area contributed by atoms with E-state index in [0.29, 0.717) is 6.54 Å². The first kappa shape index (κ1) is 13.1. The van der Waals surface area contributed by atoms with E-state index in [1.54, 1.807) is 12.3 Å². The van der Waals surface area contributed by atoms with Crippen molar-refractivity contribution in [3.05, 3.63) is 22.9 Å². The van der Waals surface area contributed by atoms with E-state index in [9.17, 15) is 4.79 Å². The third-order valence-electron chi connectivity index (χ3n) is 2.14. The molecule has 5 heteroatoms. The number of hydrogen-bond donors (Lipinski definition) is 2. The fourth-order valence-electron chi connectivity index (χ4n) is 1.17. The summed E-state index contributed by atoms with van der Waals surface area (Å²) in [7, 11) is 0. The van der Waals surface area contributed by atoms with Crippen molar-refractivity contribution < 1.29 is 4.79 Å². The van der Waals surface area contributed by atoms with Crippen molar-refractivity contribution in [2.24, 2.45) is 5.92 Å². The number of nitrogens with one attached hydrogen (secondary N) is 2. The number of hydrogen-bond acceptors (Lipinski definition) is 3. The van der Waals surface area contributed by atoms with Crippen LogP contribution in [0.4, 0.5) is 5.69 Å². The molecule has 1 heterocycles. The molecule has 0 fully saturated rings. The predicted octanol–water partition coefficient (Wildman–Crippen LogP) is 2.03. The highest BCUT2D eigenvalue weighted by molar-refractivity contribution is 9.10. The maximum Gasteiger partial charge on any atom is 0.228 e. The minimum absolute atomic E-state index is 0.00470. The second-order valence-corrected chi connectivity index (χ2v) is 4.38. The fraction of sp³-hybridized carbons (Fsp3) is 0.455. The number of aromatic nitrogens is 1. The zero-order chi connectivity index (χ0) is 12.0. The number of carbonyl (C=O) groups is 1. The molecule has 1 rings (SSSR count). The number of halogens is 1. The van der Waals surface area contributed by atoms with Gasteiger partial charge in [-0.05, 0) is 34.6 Å². The highest BCUT2D eigenvalue weighted by atomic mass is 79.9. The molecule has 0 saturated carbocycles. The van der Waals surface area contributed by atoms with Crippen molar-refractivity contribution in [1.29, 1.82) is 0 Å². The van der Waals surface area contributed by atoms with Crippen LogP contribution in [0.15, 0.2) is 22.9 Å². The van der Waals surface area contributed by atoms with Crippen LogP contribution in [0.25, 0.3) is 0 Å². The van der Waals surface area contributed by atoms with Crippen molar-refractivity contribution in [1.82, 2.24) is 10.3 Å². The molecule has 1 unspecified atom stereocenters. The van der Waals surface area contributed by atoms with Crippen LogP contribution in [0.5, 0.6) is 0 Å². The van der Waals surface area contributed by atoms with Gasteiger partial charge in [-0.2, -0.15) is 0 Å². The zero-order valence-corrected chi connectivity index (χ0v) is 11.0. The lowest BCUT2D eigenvalue weighted by Crippen LogP contribution is -2.30. The third kappa shape index (κ3) is 4.28. The SMILES string of the molecule is CCNCC(C)C(=O)Nc1ccc(Br)nc1. The summed E-state index contributed by atoms with van der Waals surface area (Å²) in [5.74, 6) is -0.0475. The lowest BCUT2D eigenvalue weighted by atomic mass is 10.1. The average molecular weight is 286 g/mol. The van der Waals surface area contributed by atoms with Gasteiger partial charge in [0.1, 0.15) is 4.60 Å². The van der Waals surface area contributed by atoms with Gasteiger partial charge in [0.25, 0.3) is 0 Å². The molecule has 1 aromatic heterocycles. The number of amides is 1. The van der Waals surface area contributed by atoms with E-state index in [-0.39, 0.29) is 11.8 Å². The summed E-state index contributed by atoms with van der Waals surface area (Å²) in [5, 5.41) is 5.96. The van der Waals surface area contributed by atoms with E-state index < -0.39 is 0 Å². The molecule has 0 spiro atoms. The summed E-state index contributed by atoms with van der Waals surface area (Å²) in [6.45, 7) is 5.47. The van der Waals surface area contributed by atoms with Crippen LogP contribution < -0.4 is 10.6 Å². The molecule has 0 aromatic carbocycles. The van der Waals surface area contributed by atoms with Gasteiger partial charge in [-0.15, -0.1) is 0 Å². The molecular weight excluding hydrogens is 270 g/mol. The first-order chi connectivity index (χ1) is 7.63. The maximum absolute atomic E-state index is 11.7. The molecule has 0 radical (unpaired) electrons. The van der Waals surface area contributed by atoms with Gasteiger partial charge < -0.3 is 10.6 Å². The van der Waals surface area contributed by atoms with E-state index in [4.69, 9.17) is 0 Å². The Balaban J connectivity index is 2.47. The Morgan fingerprint density at radius 1 is 1.56 bits per heavy atom. The van der Waals surface area contributed by atoms with E-state index in [1.165, 1.54) is 0 Å². The van der Waals surface area contributed by atoms with Gasteiger partial charge in [0, 0.05) is 12.5 Å². The monoisotopic (exact) mass is 285 g/mol. The minimum Gasteiger partial charge on any atom is -0.324 e. The van der Waals surface area contributed by atoms with E-state index >= 15 is 0 Å². The maximum atomic E-state index is 11.7. The Hall–Kier alpha value is -0.940. The molecule has 1 aromatic rings. The van der Waals surface area contributed by atoms with Gasteiger partial charge in [0.2, 0.25) is 5.91 Å². The number of nitrogens with zero attached hydrogens (tertiary/aromatic N) is 1. The van der Waals surface area contributed by atoms with Crippen molar-refractivity contribution in [2.75, 3.05) is 18.4 Å². The lowest BCUT2D eigenvalue weighted by Gasteiger charge is -2.12. The van der Waals surface area contributed by atoms with Crippen LogP contribution in [0.2, 0.25) is 0 Å². The molecule has 0 saturated heterocycles. The lowest BCUT2D eigenvalue weighted by molar-refractivity contribution is -0.119. The van der Waals surface area contributed by atoms with Gasteiger partial charge in [0.05, 0.1) is 11.9 Å². The number of anilines is 1. The molecular formula is C11H16BrN3O. The van der Waals surface area contributed by atoms with E-state index in [1.807, 2.05) is 19.9 Å². The molecule has 0 aliphatic heterocycles. The minimum atomic E-state index is -0.0522. The molecule has 1 amide bonds. The topological polar surface area (TPSA) is 54.0 Å². The molecule has 2 N–H and O–H groups in total. The van der Waals surface area contributed by atoms with E-state index in [0.717, 1.165) is 16.8 Å². The normalized spacial score (nSPS) is 12.2. The Morgan fingerprint density at radius 2 is 2.31 bits per heavy atom. The molecule has 0 aliphatic carbocycles. The van der Waals surface area contributed by atoms with E-state index in [2.05, 4.69) is 31.5 Å². The predicted molar refractivity (Wildman–Crippen MR) is 68.3 cm³/mol. The van der Waals surface area contributed by atoms with Crippen molar-refractivity contribution in [2.45, 2.75) is 13.8 Å². The number of carbonyl (C=O) groups excluding carboxylic acids is 1.